The molecule has 0 saturated carbocycles. The highest BCUT2D eigenvalue weighted by Gasteiger charge is 2.00. The predicted octanol–water partition coefficient (Wildman–Crippen LogP) is 8.25. The molecule has 0 aliphatic rings. The molecular weight excluding hydrogens is 575 g/mol. The van der Waals surface area contributed by atoms with Crippen LogP contribution in [0.4, 0.5) is 0 Å². The van der Waals surface area contributed by atoms with Gasteiger partial charge in [0.25, 0.3) is 0 Å². The van der Waals surface area contributed by atoms with Crippen molar-refractivity contribution in [3.63, 3.8) is 0 Å². The monoisotopic (exact) mass is 608 g/mol. The third-order valence-electron chi connectivity index (χ3n) is 5.92. The van der Waals surface area contributed by atoms with Gasteiger partial charge in [0.15, 0.2) is 0 Å². The van der Waals surface area contributed by atoms with E-state index < -0.39 is 7.82 Å². The molecule has 0 spiro atoms. The molecule has 0 aromatic heterocycles. The van der Waals surface area contributed by atoms with Gasteiger partial charge < -0.3 is 30.0 Å². The summed E-state index contributed by atoms with van der Waals surface area (Å²) >= 11 is 0. The average molecular weight is 609 g/mol. The number of phenols is 3. The van der Waals surface area contributed by atoms with Crippen LogP contribution in [0.1, 0.15) is 0 Å². The largest absolute Gasteiger partial charge is 0.508 e. The van der Waals surface area contributed by atoms with Crippen molar-refractivity contribution in [1.29, 1.82) is 0 Å². The van der Waals surface area contributed by atoms with Crippen molar-refractivity contribution < 1.29 is 34.6 Å². The smallest absolute Gasteiger partial charge is 0.466 e. The summed E-state index contributed by atoms with van der Waals surface area (Å²) in [5.74, 6) is 0.916. The van der Waals surface area contributed by atoms with Crippen LogP contribution < -0.4 is 0 Å². The summed E-state index contributed by atoms with van der Waals surface area (Å²) in [7, 11) is -4.64. The summed E-state index contributed by atoms with van der Waals surface area (Å²) in [6.07, 6.45) is 0. The van der Waals surface area contributed by atoms with E-state index in [-0.39, 0.29) is 0 Å². The van der Waals surface area contributed by atoms with Crippen molar-refractivity contribution in [2.75, 3.05) is 0 Å². The minimum absolute atomic E-state index is 0.305. The maximum absolute atomic E-state index is 9.10. The first-order chi connectivity index (χ1) is 21.1. The number of hydrogen-bond acceptors (Lipinski definition) is 4. The Labute approximate surface area is 256 Å². The van der Waals surface area contributed by atoms with Gasteiger partial charge in [0.2, 0.25) is 0 Å². The molecule has 0 heterocycles. The lowest BCUT2D eigenvalue weighted by Crippen LogP contribution is -1.74. The second-order valence-electron chi connectivity index (χ2n) is 9.25. The Bertz CT molecular complexity index is 1490. The van der Waals surface area contributed by atoms with Crippen molar-refractivity contribution in [3.05, 3.63) is 164 Å². The molecule has 224 valence electrons. The Balaban J connectivity index is 0.000000168. The zero-order valence-corrected chi connectivity index (χ0v) is 24.5. The van der Waals surface area contributed by atoms with Crippen LogP contribution in [0.3, 0.4) is 0 Å². The SMILES string of the molecule is O=P(O)(O)O.Oc1ccc(-c2ccccc2)cc1.Oc1ccc(-c2ccccc2)cc1.Oc1ccc(-c2ccccc2)cc1. The molecule has 6 N–H and O–H groups in total. The van der Waals surface area contributed by atoms with Crippen LogP contribution in [0.5, 0.6) is 17.2 Å². The Morgan fingerprint density at radius 3 is 0.636 bits per heavy atom. The zero-order chi connectivity index (χ0) is 31.8. The van der Waals surface area contributed by atoms with Gasteiger partial charge in [0, 0.05) is 0 Å². The van der Waals surface area contributed by atoms with Gasteiger partial charge in [-0.05, 0) is 69.8 Å². The summed E-state index contributed by atoms with van der Waals surface area (Å²) in [4.78, 5) is 21.6. The van der Waals surface area contributed by atoms with E-state index in [4.69, 9.17) is 34.6 Å². The molecule has 6 aromatic rings. The molecule has 0 atom stereocenters. The Morgan fingerprint density at radius 2 is 0.455 bits per heavy atom. The molecule has 0 amide bonds. The van der Waals surface area contributed by atoms with Gasteiger partial charge >= 0.3 is 7.82 Å². The fourth-order valence-corrected chi connectivity index (χ4v) is 3.85. The predicted molar refractivity (Wildman–Crippen MR) is 175 cm³/mol. The number of hydrogen-bond donors (Lipinski definition) is 6. The molecule has 7 nitrogen and oxygen atoms in total. The lowest BCUT2D eigenvalue weighted by atomic mass is 10.1. The molecule has 0 aliphatic carbocycles. The van der Waals surface area contributed by atoms with Crippen molar-refractivity contribution >= 4 is 7.82 Å². The standard InChI is InChI=1S/3C12H10O.H3O4P/c3*13-12-8-6-11(7-9-12)10-4-2-1-3-5-10;1-5(2,3)4/h3*1-9,13H;(H3,1,2,3,4). The highest BCUT2D eigenvalue weighted by Crippen LogP contribution is 2.26. The van der Waals surface area contributed by atoms with E-state index >= 15 is 0 Å². The number of phenolic OH excluding ortho intramolecular Hbond substituents is 3. The lowest BCUT2D eigenvalue weighted by molar-refractivity contribution is 0.275. The first kappa shape index (κ1) is 33.3. The van der Waals surface area contributed by atoms with E-state index in [1.165, 1.54) is 16.7 Å². The zero-order valence-electron chi connectivity index (χ0n) is 23.6. The number of aromatic hydroxyl groups is 3. The van der Waals surface area contributed by atoms with Gasteiger partial charge in [-0.15, -0.1) is 0 Å². The minimum Gasteiger partial charge on any atom is -0.508 e. The molecule has 0 bridgehead atoms. The molecular formula is C36H33O7P. The van der Waals surface area contributed by atoms with E-state index in [9.17, 15) is 0 Å². The van der Waals surface area contributed by atoms with Crippen LogP contribution in [-0.2, 0) is 4.57 Å². The van der Waals surface area contributed by atoms with Crippen LogP contribution >= 0.6 is 7.82 Å². The fourth-order valence-electron chi connectivity index (χ4n) is 3.85. The van der Waals surface area contributed by atoms with E-state index in [1.807, 2.05) is 127 Å². The molecule has 44 heavy (non-hydrogen) atoms. The molecule has 6 rings (SSSR count). The third kappa shape index (κ3) is 12.8. The maximum atomic E-state index is 9.10. The Hall–Kier alpha value is -5.17. The van der Waals surface area contributed by atoms with Crippen molar-refractivity contribution in [1.82, 2.24) is 0 Å². The summed E-state index contributed by atoms with van der Waals surface area (Å²) in [5.41, 5.74) is 6.88. The van der Waals surface area contributed by atoms with Crippen LogP contribution in [-0.4, -0.2) is 30.0 Å². The normalized spacial score (nSPS) is 10.1. The average Bonchev–Trinajstić information content (AvgIpc) is 3.03. The van der Waals surface area contributed by atoms with E-state index in [0.717, 1.165) is 16.7 Å². The van der Waals surface area contributed by atoms with Gasteiger partial charge in [-0.1, -0.05) is 127 Å². The van der Waals surface area contributed by atoms with E-state index in [0.29, 0.717) is 17.2 Å². The topological polar surface area (TPSA) is 138 Å². The van der Waals surface area contributed by atoms with Gasteiger partial charge in [0.05, 0.1) is 0 Å². The Morgan fingerprint density at radius 1 is 0.295 bits per heavy atom. The van der Waals surface area contributed by atoms with Crippen LogP contribution in [0.15, 0.2) is 164 Å². The van der Waals surface area contributed by atoms with Crippen molar-refractivity contribution in [3.8, 4) is 50.6 Å². The molecule has 0 unspecified atom stereocenters. The summed E-state index contributed by atoms with van der Waals surface area (Å²) < 4.78 is 8.88. The first-order valence-corrected chi connectivity index (χ1v) is 15.0. The molecule has 0 radical (unpaired) electrons. The first-order valence-electron chi connectivity index (χ1n) is 13.4. The van der Waals surface area contributed by atoms with Crippen molar-refractivity contribution in [2.24, 2.45) is 0 Å². The summed E-state index contributed by atoms with van der Waals surface area (Å²) in [5, 5.41) is 27.3. The van der Waals surface area contributed by atoms with Gasteiger partial charge in [-0.2, -0.15) is 0 Å². The van der Waals surface area contributed by atoms with Gasteiger partial charge in [-0.3, -0.25) is 0 Å². The number of phosphoric acid groups is 1. The fraction of sp³-hybridized carbons (Fsp3) is 0. The van der Waals surface area contributed by atoms with E-state index in [1.54, 1.807) is 36.4 Å². The van der Waals surface area contributed by atoms with Gasteiger partial charge in [-0.25, -0.2) is 4.57 Å². The number of rotatable bonds is 3. The van der Waals surface area contributed by atoms with Crippen LogP contribution in [0.2, 0.25) is 0 Å². The highest BCUT2D eigenvalue weighted by atomic mass is 31.2. The van der Waals surface area contributed by atoms with Crippen molar-refractivity contribution in [2.45, 2.75) is 0 Å². The van der Waals surface area contributed by atoms with Gasteiger partial charge in [0.1, 0.15) is 17.2 Å². The quantitative estimate of drug-likeness (QED) is 0.111. The molecule has 8 heteroatoms. The molecule has 0 aliphatic heterocycles. The van der Waals surface area contributed by atoms with Crippen LogP contribution in [0.25, 0.3) is 33.4 Å². The highest BCUT2D eigenvalue weighted by molar-refractivity contribution is 7.45. The molecule has 6 aromatic carbocycles. The third-order valence-corrected chi connectivity index (χ3v) is 5.92. The minimum atomic E-state index is -4.64. The lowest BCUT2D eigenvalue weighted by Gasteiger charge is -2.00. The van der Waals surface area contributed by atoms with E-state index in [2.05, 4.69) is 0 Å². The Kier molecular flexibility index (Phi) is 12.9. The van der Waals surface area contributed by atoms with Crippen LogP contribution in [0, 0.1) is 0 Å². The second kappa shape index (κ2) is 17.1. The number of benzene rings is 6. The maximum Gasteiger partial charge on any atom is 0.466 e. The summed E-state index contributed by atoms with van der Waals surface area (Å²) in [6, 6.07) is 51.9. The molecule has 0 saturated heterocycles. The molecule has 0 fully saturated rings. The summed E-state index contributed by atoms with van der Waals surface area (Å²) in [6.45, 7) is 0. The second-order valence-corrected chi connectivity index (χ2v) is 10.3.